The number of carbonyl (C=O) groups excluding carboxylic acids is 1. The highest BCUT2D eigenvalue weighted by Gasteiger charge is 2.23. The second-order valence-electron chi connectivity index (χ2n) is 11.4. The number of unbranched alkanes of at least 4 members (excludes halogenated alkanes) is 2. The van der Waals surface area contributed by atoms with E-state index >= 15 is 0 Å². The highest BCUT2D eigenvalue weighted by molar-refractivity contribution is 5.92. The lowest BCUT2D eigenvalue weighted by molar-refractivity contribution is 0.0734. The van der Waals surface area contributed by atoms with Gasteiger partial charge in [0.2, 0.25) is 0 Å². The molecule has 1 aliphatic carbocycles. The summed E-state index contributed by atoms with van der Waals surface area (Å²) in [5, 5.41) is 2.27. The first-order valence-electron chi connectivity index (χ1n) is 15.0. The van der Waals surface area contributed by atoms with Crippen LogP contribution in [0.1, 0.15) is 97.4 Å². The molecule has 1 saturated carbocycles. The number of carbonyl (C=O) groups is 1. The minimum absolute atomic E-state index is 0.193. The lowest BCUT2D eigenvalue weighted by atomic mass is 9.77. The molecule has 0 saturated heterocycles. The van der Waals surface area contributed by atoms with Crippen LogP contribution in [0, 0.1) is 5.92 Å². The number of ether oxygens (including phenoxy) is 2. The van der Waals surface area contributed by atoms with E-state index in [-0.39, 0.29) is 12.1 Å². The fraction of sp³-hybridized carbons (Fsp3) is 0.324. The Bertz CT molecular complexity index is 1470. The van der Waals surface area contributed by atoms with Crippen LogP contribution in [0.3, 0.4) is 0 Å². The molecule has 3 heteroatoms. The zero-order valence-corrected chi connectivity index (χ0v) is 23.4. The molecule has 0 spiro atoms. The molecule has 2 aliphatic rings. The van der Waals surface area contributed by atoms with Crippen LogP contribution >= 0.6 is 0 Å². The van der Waals surface area contributed by atoms with Gasteiger partial charge in [-0.05, 0) is 84.4 Å². The maximum absolute atomic E-state index is 12.9. The van der Waals surface area contributed by atoms with Crippen LogP contribution < -0.4 is 9.47 Å². The standard InChI is InChI=1S/C37H38O3/c1-2-3-4-7-26-10-12-27(13-11-26)28-14-18-32(19-15-28)37(38)39-33-23-20-30(21-24-33)35-25-22-31-17-16-29-8-5-6-9-34(29)36(31)40-35/h5-6,8-9,14-27,35H,2-4,7,10-13H2,1H3. The average Bonchev–Trinajstić information content (AvgIpc) is 3.02. The van der Waals surface area contributed by atoms with Gasteiger partial charge in [-0.3, -0.25) is 0 Å². The molecule has 1 fully saturated rings. The van der Waals surface area contributed by atoms with E-state index in [4.69, 9.17) is 9.47 Å². The van der Waals surface area contributed by atoms with Gasteiger partial charge in [0.05, 0.1) is 5.56 Å². The van der Waals surface area contributed by atoms with Crippen molar-refractivity contribution < 1.29 is 14.3 Å². The second-order valence-corrected chi connectivity index (χ2v) is 11.4. The van der Waals surface area contributed by atoms with Gasteiger partial charge in [0, 0.05) is 10.9 Å². The van der Waals surface area contributed by atoms with Crippen molar-refractivity contribution in [3.05, 3.63) is 113 Å². The molecule has 4 aromatic rings. The minimum atomic E-state index is -0.326. The fourth-order valence-electron chi connectivity index (χ4n) is 6.31. The number of esters is 1. The largest absolute Gasteiger partial charge is 0.480 e. The van der Waals surface area contributed by atoms with Crippen LogP contribution in [-0.2, 0) is 0 Å². The van der Waals surface area contributed by atoms with Crippen molar-refractivity contribution >= 4 is 22.8 Å². The van der Waals surface area contributed by atoms with Crippen LogP contribution in [0.5, 0.6) is 11.5 Å². The maximum atomic E-state index is 12.9. The summed E-state index contributed by atoms with van der Waals surface area (Å²) < 4.78 is 12.1. The molecular weight excluding hydrogens is 492 g/mol. The molecule has 6 rings (SSSR count). The summed E-state index contributed by atoms with van der Waals surface area (Å²) in [4.78, 5) is 12.9. The van der Waals surface area contributed by atoms with Crippen LogP contribution in [0.25, 0.3) is 16.8 Å². The highest BCUT2D eigenvalue weighted by Crippen LogP contribution is 2.39. The molecule has 1 heterocycles. The summed E-state index contributed by atoms with van der Waals surface area (Å²) in [6.45, 7) is 2.28. The van der Waals surface area contributed by atoms with Gasteiger partial charge < -0.3 is 9.47 Å². The van der Waals surface area contributed by atoms with E-state index in [1.807, 2.05) is 48.5 Å². The molecule has 0 aromatic heterocycles. The molecule has 1 unspecified atom stereocenters. The number of benzene rings is 4. The normalized spacial score (nSPS) is 20.1. The van der Waals surface area contributed by atoms with Crippen LogP contribution in [-0.4, -0.2) is 5.97 Å². The van der Waals surface area contributed by atoms with Crippen molar-refractivity contribution in [2.45, 2.75) is 70.3 Å². The van der Waals surface area contributed by atoms with Gasteiger partial charge in [-0.25, -0.2) is 4.79 Å². The molecule has 4 aromatic carbocycles. The van der Waals surface area contributed by atoms with Gasteiger partial charge in [-0.1, -0.05) is 99.3 Å². The van der Waals surface area contributed by atoms with Gasteiger partial charge in [-0.15, -0.1) is 0 Å². The Morgan fingerprint density at radius 2 is 1.57 bits per heavy atom. The third-order valence-electron chi connectivity index (χ3n) is 8.71. The van der Waals surface area contributed by atoms with E-state index in [1.54, 1.807) is 0 Å². The van der Waals surface area contributed by atoms with E-state index in [9.17, 15) is 4.79 Å². The Kier molecular flexibility index (Phi) is 7.99. The number of hydrogen-bond acceptors (Lipinski definition) is 3. The molecule has 0 bridgehead atoms. The summed E-state index contributed by atoms with van der Waals surface area (Å²) >= 11 is 0. The average molecular weight is 531 g/mol. The number of hydrogen-bond donors (Lipinski definition) is 0. The molecule has 1 aliphatic heterocycles. The summed E-state index contributed by atoms with van der Waals surface area (Å²) in [5.74, 6) is 2.63. The van der Waals surface area contributed by atoms with Gasteiger partial charge >= 0.3 is 5.97 Å². The Balaban J connectivity index is 1.05. The van der Waals surface area contributed by atoms with Gasteiger partial charge in [0.25, 0.3) is 0 Å². The van der Waals surface area contributed by atoms with E-state index in [0.29, 0.717) is 17.2 Å². The van der Waals surface area contributed by atoms with Crippen molar-refractivity contribution in [3.63, 3.8) is 0 Å². The molecular formula is C37H38O3. The molecule has 1 atom stereocenters. The monoisotopic (exact) mass is 530 g/mol. The Hall–Kier alpha value is -3.85. The van der Waals surface area contributed by atoms with Crippen molar-refractivity contribution in [2.75, 3.05) is 0 Å². The molecule has 0 radical (unpaired) electrons. The molecule has 0 amide bonds. The van der Waals surface area contributed by atoms with E-state index in [2.05, 4.69) is 55.5 Å². The van der Waals surface area contributed by atoms with Crippen molar-refractivity contribution in [3.8, 4) is 11.5 Å². The SMILES string of the molecule is CCCCCC1CCC(c2ccc(C(=O)Oc3ccc(C4C=Cc5ccc6ccccc6c5O4)cc3)cc2)CC1. The first-order chi connectivity index (χ1) is 19.7. The zero-order valence-electron chi connectivity index (χ0n) is 23.4. The van der Waals surface area contributed by atoms with Gasteiger partial charge in [-0.2, -0.15) is 0 Å². The Labute approximate surface area is 237 Å². The Morgan fingerprint density at radius 1 is 0.825 bits per heavy atom. The van der Waals surface area contributed by atoms with Gasteiger partial charge in [0.1, 0.15) is 17.6 Å². The molecule has 204 valence electrons. The van der Waals surface area contributed by atoms with Crippen LogP contribution in [0.4, 0.5) is 0 Å². The third-order valence-corrected chi connectivity index (χ3v) is 8.71. The number of fused-ring (bicyclic) bond motifs is 3. The van der Waals surface area contributed by atoms with E-state index < -0.39 is 0 Å². The molecule has 3 nitrogen and oxygen atoms in total. The molecule has 0 N–H and O–H groups in total. The van der Waals surface area contributed by atoms with Gasteiger partial charge in [0.15, 0.2) is 0 Å². The first kappa shape index (κ1) is 26.4. The summed E-state index contributed by atoms with van der Waals surface area (Å²) in [5.41, 5.74) is 4.03. The minimum Gasteiger partial charge on any atom is -0.480 e. The highest BCUT2D eigenvalue weighted by atomic mass is 16.5. The van der Waals surface area contributed by atoms with Crippen molar-refractivity contribution in [2.24, 2.45) is 5.92 Å². The fourth-order valence-corrected chi connectivity index (χ4v) is 6.31. The van der Waals surface area contributed by atoms with Crippen LogP contribution in [0.2, 0.25) is 0 Å². The molecule has 40 heavy (non-hydrogen) atoms. The van der Waals surface area contributed by atoms with Crippen LogP contribution in [0.15, 0.2) is 91.0 Å². The van der Waals surface area contributed by atoms with Crippen molar-refractivity contribution in [1.29, 1.82) is 0 Å². The zero-order chi connectivity index (χ0) is 27.3. The predicted octanol–water partition coefficient (Wildman–Crippen LogP) is 10.1. The predicted molar refractivity (Wildman–Crippen MR) is 163 cm³/mol. The topological polar surface area (TPSA) is 35.5 Å². The second kappa shape index (κ2) is 12.1. The summed E-state index contributed by atoms with van der Waals surface area (Å²) in [6.07, 6.45) is 14.6. The van der Waals surface area contributed by atoms with E-state index in [0.717, 1.165) is 33.6 Å². The Morgan fingerprint density at radius 3 is 2.35 bits per heavy atom. The smallest absolute Gasteiger partial charge is 0.343 e. The summed E-state index contributed by atoms with van der Waals surface area (Å²) in [6, 6.07) is 28.2. The maximum Gasteiger partial charge on any atom is 0.343 e. The summed E-state index contributed by atoms with van der Waals surface area (Å²) in [7, 11) is 0. The van der Waals surface area contributed by atoms with Crippen molar-refractivity contribution in [1.82, 2.24) is 0 Å². The lowest BCUT2D eigenvalue weighted by Crippen LogP contribution is -2.14. The third kappa shape index (κ3) is 5.84. The first-order valence-corrected chi connectivity index (χ1v) is 15.0. The lowest BCUT2D eigenvalue weighted by Gasteiger charge is -2.29. The quantitative estimate of drug-likeness (QED) is 0.129. The number of rotatable bonds is 8. The van der Waals surface area contributed by atoms with E-state index in [1.165, 1.54) is 56.9 Å².